The molecule has 1 rings (SSSR count). The average molecular weight is 210 g/mol. The number of rotatable bonds is 3. The van der Waals surface area contributed by atoms with E-state index in [-0.39, 0.29) is 0 Å². The number of carboxylic acid groups (broad SMARTS) is 1. The fourth-order valence-corrected chi connectivity index (χ4v) is 1.48. The number of aliphatic hydroxyl groups excluding tert-OH is 1. The highest BCUT2D eigenvalue weighted by molar-refractivity contribution is 5.75. The molecule has 15 heavy (non-hydrogen) atoms. The fourth-order valence-electron chi connectivity index (χ4n) is 1.48. The summed E-state index contributed by atoms with van der Waals surface area (Å²) in [7, 11) is 1.51. The first-order chi connectivity index (χ1) is 6.97. The van der Waals surface area contributed by atoms with Crippen LogP contribution in [0.4, 0.5) is 0 Å². The molecule has 4 heteroatoms. The van der Waals surface area contributed by atoms with Crippen molar-refractivity contribution in [3.05, 3.63) is 28.8 Å². The van der Waals surface area contributed by atoms with Crippen LogP contribution in [0.3, 0.4) is 0 Å². The second kappa shape index (κ2) is 4.31. The number of aliphatic hydroxyl groups is 1. The van der Waals surface area contributed by atoms with E-state index in [2.05, 4.69) is 0 Å². The third-order valence-corrected chi connectivity index (χ3v) is 2.29. The van der Waals surface area contributed by atoms with Gasteiger partial charge in [-0.2, -0.15) is 0 Å². The van der Waals surface area contributed by atoms with Gasteiger partial charge in [-0.05, 0) is 36.6 Å². The van der Waals surface area contributed by atoms with Crippen molar-refractivity contribution >= 4 is 5.97 Å². The summed E-state index contributed by atoms with van der Waals surface area (Å²) < 4.78 is 5.09. The molecule has 4 nitrogen and oxygen atoms in total. The molecule has 0 fully saturated rings. The molecular formula is C11H14O4. The molecule has 0 spiro atoms. The highest BCUT2D eigenvalue weighted by Crippen LogP contribution is 2.28. The van der Waals surface area contributed by atoms with Crippen LogP contribution in [0.2, 0.25) is 0 Å². The molecule has 0 heterocycles. The van der Waals surface area contributed by atoms with Gasteiger partial charge in [0.15, 0.2) is 6.10 Å². The summed E-state index contributed by atoms with van der Waals surface area (Å²) in [6.45, 7) is 3.54. The summed E-state index contributed by atoms with van der Waals surface area (Å²) in [5, 5.41) is 18.2. The van der Waals surface area contributed by atoms with Crippen LogP contribution in [0, 0.1) is 13.8 Å². The SMILES string of the molecule is COc1cc(C)cc(C(O)C(=O)O)c1C. The van der Waals surface area contributed by atoms with Crippen molar-refractivity contribution in [3.63, 3.8) is 0 Å². The second-order valence-corrected chi connectivity index (χ2v) is 3.42. The molecule has 0 aliphatic rings. The molecule has 0 amide bonds. The molecule has 1 unspecified atom stereocenters. The van der Waals surface area contributed by atoms with Gasteiger partial charge >= 0.3 is 5.97 Å². The lowest BCUT2D eigenvalue weighted by Crippen LogP contribution is -2.12. The average Bonchev–Trinajstić information content (AvgIpc) is 2.19. The van der Waals surface area contributed by atoms with Gasteiger partial charge in [-0.25, -0.2) is 4.79 Å². The van der Waals surface area contributed by atoms with Crippen LogP contribution in [0.5, 0.6) is 5.75 Å². The van der Waals surface area contributed by atoms with E-state index in [0.717, 1.165) is 5.56 Å². The number of aryl methyl sites for hydroxylation is 1. The van der Waals surface area contributed by atoms with Crippen molar-refractivity contribution in [2.24, 2.45) is 0 Å². The van der Waals surface area contributed by atoms with Crippen LogP contribution < -0.4 is 4.74 Å². The summed E-state index contributed by atoms with van der Waals surface area (Å²) >= 11 is 0. The summed E-state index contributed by atoms with van der Waals surface area (Å²) in [6.07, 6.45) is -1.50. The maximum Gasteiger partial charge on any atom is 0.337 e. The number of hydrogen-bond donors (Lipinski definition) is 2. The maximum absolute atomic E-state index is 10.7. The molecule has 0 radical (unpaired) electrons. The van der Waals surface area contributed by atoms with Gasteiger partial charge < -0.3 is 14.9 Å². The zero-order chi connectivity index (χ0) is 11.6. The maximum atomic E-state index is 10.7. The molecule has 1 aromatic carbocycles. The van der Waals surface area contributed by atoms with Crippen LogP contribution in [0.1, 0.15) is 22.8 Å². The van der Waals surface area contributed by atoms with E-state index >= 15 is 0 Å². The Balaban J connectivity index is 3.28. The van der Waals surface area contributed by atoms with Crippen LogP contribution in [-0.2, 0) is 4.79 Å². The van der Waals surface area contributed by atoms with E-state index < -0.39 is 12.1 Å². The van der Waals surface area contributed by atoms with E-state index in [1.807, 2.05) is 6.92 Å². The smallest absolute Gasteiger partial charge is 0.337 e. The Kier molecular flexibility index (Phi) is 3.31. The number of carbonyl (C=O) groups is 1. The normalized spacial score (nSPS) is 12.3. The van der Waals surface area contributed by atoms with Gasteiger partial charge in [0, 0.05) is 0 Å². The molecule has 0 aliphatic heterocycles. The van der Waals surface area contributed by atoms with Gasteiger partial charge in [-0.15, -0.1) is 0 Å². The Bertz CT molecular complexity index is 384. The van der Waals surface area contributed by atoms with Gasteiger partial charge in [0.25, 0.3) is 0 Å². The minimum Gasteiger partial charge on any atom is -0.496 e. The molecule has 2 N–H and O–H groups in total. The van der Waals surface area contributed by atoms with E-state index in [0.29, 0.717) is 16.9 Å². The van der Waals surface area contributed by atoms with Crippen molar-refractivity contribution in [1.82, 2.24) is 0 Å². The van der Waals surface area contributed by atoms with Crippen LogP contribution in [-0.4, -0.2) is 23.3 Å². The zero-order valence-electron chi connectivity index (χ0n) is 8.94. The first-order valence-electron chi connectivity index (χ1n) is 4.53. The van der Waals surface area contributed by atoms with Gasteiger partial charge in [0.1, 0.15) is 5.75 Å². The van der Waals surface area contributed by atoms with Gasteiger partial charge in [0.2, 0.25) is 0 Å². The zero-order valence-corrected chi connectivity index (χ0v) is 8.94. The fraction of sp³-hybridized carbons (Fsp3) is 0.364. The van der Waals surface area contributed by atoms with Crippen molar-refractivity contribution in [2.45, 2.75) is 20.0 Å². The standard InChI is InChI=1S/C11H14O4/c1-6-4-8(10(12)11(13)14)7(2)9(5-6)15-3/h4-5,10,12H,1-3H3,(H,13,14). The number of carboxylic acids is 1. The Morgan fingerprint density at radius 2 is 2.00 bits per heavy atom. The molecule has 0 bridgehead atoms. The van der Waals surface area contributed by atoms with Gasteiger partial charge in [0.05, 0.1) is 7.11 Å². The third kappa shape index (κ3) is 2.27. The monoisotopic (exact) mass is 210 g/mol. The number of hydrogen-bond acceptors (Lipinski definition) is 3. The van der Waals surface area contributed by atoms with Crippen LogP contribution in [0.15, 0.2) is 12.1 Å². The van der Waals surface area contributed by atoms with E-state index in [9.17, 15) is 9.90 Å². The van der Waals surface area contributed by atoms with E-state index in [1.165, 1.54) is 7.11 Å². The summed E-state index contributed by atoms with van der Waals surface area (Å²) in [5.74, 6) is -0.670. The molecular weight excluding hydrogens is 196 g/mol. The van der Waals surface area contributed by atoms with Crippen LogP contribution >= 0.6 is 0 Å². The third-order valence-electron chi connectivity index (χ3n) is 2.29. The number of methoxy groups -OCH3 is 1. The lowest BCUT2D eigenvalue weighted by molar-refractivity contribution is -0.147. The van der Waals surface area contributed by atoms with Crippen molar-refractivity contribution in [3.8, 4) is 5.75 Å². The summed E-state index contributed by atoms with van der Waals surface area (Å²) in [4.78, 5) is 10.7. The highest BCUT2D eigenvalue weighted by atomic mass is 16.5. The predicted octanol–water partition coefficient (Wildman–Crippen LogP) is 1.43. The summed E-state index contributed by atoms with van der Waals surface area (Å²) in [6, 6.07) is 3.45. The van der Waals surface area contributed by atoms with Crippen molar-refractivity contribution in [1.29, 1.82) is 0 Å². The Hall–Kier alpha value is -1.55. The first-order valence-corrected chi connectivity index (χ1v) is 4.53. The quantitative estimate of drug-likeness (QED) is 0.792. The van der Waals surface area contributed by atoms with Gasteiger partial charge in [-0.3, -0.25) is 0 Å². The van der Waals surface area contributed by atoms with Gasteiger partial charge in [-0.1, -0.05) is 6.07 Å². The Labute approximate surface area is 88.1 Å². The number of ether oxygens (including phenoxy) is 1. The Morgan fingerprint density at radius 3 is 2.47 bits per heavy atom. The number of aliphatic carboxylic acids is 1. The molecule has 0 saturated heterocycles. The lowest BCUT2D eigenvalue weighted by atomic mass is 10.00. The predicted molar refractivity (Wildman–Crippen MR) is 55.1 cm³/mol. The molecule has 1 atom stereocenters. The topological polar surface area (TPSA) is 66.8 Å². The molecule has 82 valence electrons. The van der Waals surface area contributed by atoms with E-state index in [1.54, 1.807) is 19.1 Å². The minimum atomic E-state index is -1.50. The Morgan fingerprint density at radius 1 is 1.40 bits per heavy atom. The largest absolute Gasteiger partial charge is 0.496 e. The van der Waals surface area contributed by atoms with Crippen molar-refractivity contribution in [2.75, 3.05) is 7.11 Å². The van der Waals surface area contributed by atoms with Crippen molar-refractivity contribution < 1.29 is 19.7 Å². The molecule has 0 aromatic heterocycles. The second-order valence-electron chi connectivity index (χ2n) is 3.42. The molecule has 1 aromatic rings. The number of benzene rings is 1. The minimum absolute atomic E-state index is 0.374. The lowest BCUT2D eigenvalue weighted by Gasteiger charge is -2.14. The first kappa shape index (κ1) is 11.5. The van der Waals surface area contributed by atoms with E-state index in [4.69, 9.17) is 9.84 Å². The molecule has 0 aliphatic carbocycles. The molecule has 0 saturated carbocycles. The van der Waals surface area contributed by atoms with Crippen LogP contribution in [0.25, 0.3) is 0 Å². The highest BCUT2D eigenvalue weighted by Gasteiger charge is 2.20. The summed E-state index contributed by atoms with van der Waals surface area (Å²) in [5.41, 5.74) is 1.88.